The number of ether oxygens (including phenoxy) is 1. The molecule has 1 aromatic carbocycles. The van der Waals surface area contributed by atoms with E-state index < -0.39 is 5.97 Å². The smallest absolute Gasteiger partial charge is 0.325 e. The van der Waals surface area contributed by atoms with E-state index in [0.717, 1.165) is 18.3 Å². The number of carbonyl (C=O) groups is 3. The van der Waals surface area contributed by atoms with Crippen molar-refractivity contribution in [3.8, 4) is 0 Å². The molecule has 4 saturated carbocycles. The summed E-state index contributed by atoms with van der Waals surface area (Å²) >= 11 is 4.00. The largest absolute Gasteiger partial charge is 0.468 e. The summed E-state index contributed by atoms with van der Waals surface area (Å²) in [5.41, 5.74) is 1.23. The van der Waals surface area contributed by atoms with Crippen LogP contribution in [0.5, 0.6) is 0 Å². The highest BCUT2D eigenvalue weighted by Crippen LogP contribution is 2.65. The monoisotopic (exact) mass is 462 g/mol. The predicted molar refractivity (Wildman–Crippen MR) is 113 cm³/mol. The Balaban J connectivity index is 1.33. The molecule has 4 bridgehead atoms. The molecule has 0 heterocycles. The van der Waals surface area contributed by atoms with E-state index in [1.54, 1.807) is 24.3 Å². The van der Waals surface area contributed by atoms with Gasteiger partial charge < -0.3 is 15.4 Å². The highest BCUT2D eigenvalue weighted by atomic mass is 79.9. The Hall–Kier alpha value is -1.89. The zero-order valence-corrected chi connectivity index (χ0v) is 18.2. The molecule has 0 aliphatic heterocycles. The summed E-state index contributed by atoms with van der Waals surface area (Å²) in [6.45, 7) is -0.174. The Kier molecular flexibility index (Phi) is 5.44. The lowest BCUT2D eigenvalue weighted by atomic mass is 9.48. The molecule has 1 aromatic rings. The topological polar surface area (TPSA) is 84.5 Å². The maximum Gasteiger partial charge on any atom is 0.325 e. The van der Waals surface area contributed by atoms with Gasteiger partial charge in [0.1, 0.15) is 6.54 Å². The number of esters is 1. The van der Waals surface area contributed by atoms with Crippen LogP contribution in [0.25, 0.3) is 0 Å². The van der Waals surface area contributed by atoms with E-state index in [4.69, 9.17) is 0 Å². The summed E-state index contributed by atoms with van der Waals surface area (Å²) in [5, 5.41) is 5.49. The highest BCUT2D eigenvalue weighted by Gasteiger charge is 2.57. The van der Waals surface area contributed by atoms with Gasteiger partial charge >= 0.3 is 5.97 Å². The molecular formula is C22H27BrN2O4. The van der Waals surface area contributed by atoms with Gasteiger partial charge in [-0.15, -0.1) is 0 Å². The van der Waals surface area contributed by atoms with Crippen molar-refractivity contribution in [2.24, 2.45) is 17.3 Å². The number of hydrogen-bond acceptors (Lipinski definition) is 4. The van der Waals surface area contributed by atoms with Crippen LogP contribution < -0.4 is 10.6 Å². The quantitative estimate of drug-likeness (QED) is 0.498. The van der Waals surface area contributed by atoms with E-state index in [9.17, 15) is 14.4 Å². The first-order chi connectivity index (χ1) is 13.8. The van der Waals surface area contributed by atoms with Crippen LogP contribution >= 0.6 is 15.9 Å². The van der Waals surface area contributed by atoms with E-state index >= 15 is 0 Å². The zero-order valence-electron chi connectivity index (χ0n) is 16.6. The van der Waals surface area contributed by atoms with Crippen LogP contribution in [0.1, 0.15) is 55.3 Å². The van der Waals surface area contributed by atoms with E-state index in [1.165, 1.54) is 39.2 Å². The summed E-state index contributed by atoms with van der Waals surface area (Å²) in [5.74, 6) is 0.699. The van der Waals surface area contributed by atoms with Gasteiger partial charge in [0.25, 0.3) is 5.91 Å². The fourth-order valence-electron chi connectivity index (χ4n) is 6.12. The standard InChI is InChI=1S/C22H27BrN2O4/c1-29-19(27)12-24-20(28)16-2-4-17(5-3-16)25-18(26)11-21-7-14-6-15(8-21)10-22(23,9-14)13-21/h2-5,14-15H,6-13H2,1H3,(H,24,28)(H,25,26). The van der Waals surface area contributed by atoms with Crippen molar-refractivity contribution >= 4 is 39.4 Å². The van der Waals surface area contributed by atoms with Gasteiger partial charge in [-0.2, -0.15) is 0 Å². The number of halogens is 1. The number of nitrogens with one attached hydrogen (secondary N) is 2. The van der Waals surface area contributed by atoms with Crippen molar-refractivity contribution in [3.05, 3.63) is 29.8 Å². The molecule has 2 amide bonds. The maximum absolute atomic E-state index is 12.8. The summed E-state index contributed by atoms with van der Waals surface area (Å²) < 4.78 is 4.75. The fraction of sp³-hybridized carbons (Fsp3) is 0.591. The Labute approximate surface area is 179 Å². The summed E-state index contributed by atoms with van der Waals surface area (Å²) in [7, 11) is 1.27. The minimum atomic E-state index is -0.503. The van der Waals surface area contributed by atoms with Crippen molar-refractivity contribution in [2.75, 3.05) is 19.0 Å². The second kappa shape index (κ2) is 7.74. The molecule has 0 spiro atoms. The fourth-order valence-corrected chi connectivity index (χ4v) is 7.63. The molecule has 7 heteroatoms. The van der Waals surface area contributed by atoms with Crippen LogP contribution in [0.2, 0.25) is 0 Å². The molecule has 2 unspecified atom stereocenters. The van der Waals surface area contributed by atoms with Gasteiger partial charge in [0.05, 0.1) is 7.11 Å². The molecule has 29 heavy (non-hydrogen) atoms. The SMILES string of the molecule is COC(=O)CNC(=O)c1ccc(NC(=O)CC23CC4CC(CC(Br)(C4)C2)C3)cc1. The van der Waals surface area contributed by atoms with Crippen LogP contribution in [0, 0.1) is 17.3 Å². The first-order valence-electron chi connectivity index (χ1n) is 10.2. The van der Waals surface area contributed by atoms with Crippen LogP contribution in [0.4, 0.5) is 5.69 Å². The summed E-state index contributed by atoms with van der Waals surface area (Å²) in [6.07, 6.45) is 7.84. The number of benzene rings is 1. The van der Waals surface area contributed by atoms with Crippen LogP contribution in [-0.2, 0) is 14.3 Å². The lowest BCUT2D eigenvalue weighted by molar-refractivity contribution is -0.139. The molecule has 2 N–H and O–H groups in total. The molecule has 0 aromatic heterocycles. The molecule has 156 valence electrons. The third-order valence-corrected chi connectivity index (χ3v) is 7.63. The predicted octanol–water partition coefficient (Wildman–Crippen LogP) is 3.65. The van der Waals surface area contributed by atoms with Crippen molar-refractivity contribution in [1.29, 1.82) is 0 Å². The molecule has 4 fully saturated rings. The Bertz CT molecular complexity index is 809. The second-order valence-electron chi connectivity index (χ2n) is 9.17. The molecule has 6 nitrogen and oxygen atoms in total. The zero-order chi connectivity index (χ0) is 20.6. The molecule has 0 radical (unpaired) electrons. The van der Waals surface area contributed by atoms with Crippen molar-refractivity contribution < 1.29 is 19.1 Å². The van der Waals surface area contributed by atoms with Gasteiger partial charge in [-0.25, -0.2) is 0 Å². The lowest BCUT2D eigenvalue weighted by Crippen LogP contribution is -2.53. The van der Waals surface area contributed by atoms with Crippen LogP contribution in [0.15, 0.2) is 24.3 Å². The number of carbonyl (C=O) groups excluding carboxylic acids is 3. The van der Waals surface area contributed by atoms with Crippen molar-refractivity contribution in [2.45, 2.75) is 49.3 Å². The van der Waals surface area contributed by atoms with Gasteiger partial charge in [0, 0.05) is 22.0 Å². The molecule has 4 aliphatic carbocycles. The lowest BCUT2D eigenvalue weighted by Gasteiger charge is -2.60. The number of methoxy groups -OCH3 is 1. The van der Waals surface area contributed by atoms with Crippen molar-refractivity contribution in [3.63, 3.8) is 0 Å². The van der Waals surface area contributed by atoms with Gasteiger partial charge in [-0.1, -0.05) is 15.9 Å². The first-order valence-corrected chi connectivity index (χ1v) is 11.0. The van der Waals surface area contributed by atoms with Crippen LogP contribution in [-0.4, -0.2) is 35.8 Å². The molecule has 5 rings (SSSR count). The number of rotatable bonds is 6. The summed E-state index contributed by atoms with van der Waals surface area (Å²) in [4.78, 5) is 35.9. The number of alkyl halides is 1. The van der Waals surface area contributed by atoms with Crippen LogP contribution in [0.3, 0.4) is 0 Å². The third-order valence-electron chi connectivity index (χ3n) is 6.70. The third kappa shape index (κ3) is 4.49. The normalized spacial score (nSPS) is 31.9. The average molecular weight is 463 g/mol. The minimum Gasteiger partial charge on any atom is -0.468 e. The Morgan fingerprint density at radius 1 is 1.10 bits per heavy atom. The van der Waals surface area contributed by atoms with E-state index in [-0.39, 0.29) is 28.1 Å². The summed E-state index contributed by atoms with van der Waals surface area (Å²) in [6, 6.07) is 6.72. The maximum atomic E-state index is 12.8. The molecule has 4 aliphatic rings. The average Bonchev–Trinajstić information content (AvgIpc) is 2.63. The van der Waals surface area contributed by atoms with Gasteiger partial charge in [0.15, 0.2) is 0 Å². The number of hydrogen-bond donors (Lipinski definition) is 2. The second-order valence-corrected chi connectivity index (χ2v) is 10.9. The van der Waals surface area contributed by atoms with E-state index in [1.807, 2.05) is 0 Å². The minimum absolute atomic E-state index is 0.0472. The van der Waals surface area contributed by atoms with Gasteiger partial charge in [-0.05, 0) is 80.0 Å². The van der Waals surface area contributed by atoms with E-state index in [2.05, 4.69) is 31.3 Å². The first kappa shape index (κ1) is 20.4. The van der Waals surface area contributed by atoms with Crippen molar-refractivity contribution in [1.82, 2.24) is 5.32 Å². The molecule has 2 atom stereocenters. The van der Waals surface area contributed by atoms with Gasteiger partial charge in [0.2, 0.25) is 5.91 Å². The highest BCUT2D eigenvalue weighted by molar-refractivity contribution is 9.10. The van der Waals surface area contributed by atoms with Gasteiger partial charge in [-0.3, -0.25) is 14.4 Å². The Morgan fingerprint density at radius 3 is 2.34 bits per heavy atom. The number of amides is 2. The molecule has 0 saturated heterocycles. The Morgan fingerprint density at radius 2 is 1.76 bits per heavy atom. The molecular weight excluding hydrogens is 436 g/mol. The van der Waals surface area contributed by atoms with E-state index in [0.29, 0.717) is 17.7 Å². The number of anilines is 1.